The Balaban J connectivity index is 2.24. The average molecular weight is 246 g/mol. The van der Waals surface area contributed by atoms with Gasteiger partial charge in [-0.15, -0.1) is 0 Å². The van der Waals surface area contributed by atoms with Crippen molar-refractivity contribution >= 4 is 5.97 Å². The molecule has 0 bridgehead atoms. The van der Waals surface area contributed by atoms with Crippen LogP contribution in [-0.2, 0) is 0 Å². The smallest absolute Gasteiger partial charge is 0.335 e. The van der Waals surface area contributed by atoms with Gasteiger partial charge in [-0.25, -0.2) is 4.79 Å². The lowest BCUT2D eigenvalue weighted by Crippen LogP contribution is -1.95. The molecule has 2 aromatic rings. The molecule has 0 saturated carbocycles. The summed E-state index contributed by atoms with van der Waals surface area (Å²) in [5.74, 6) is -0.714. The van der Waals surface area contributed by atoms with Crippen LogP contribution in [0.4, 0.5) is 0 Å². The molecule has 0 aromatic heterocycles. The number of phenols is 2. The maximum Gasteiger partial charge on any atom is 0.335 e. The van der Waals surface area contributed by atoms with E-state index in [0.717, 1.165) is 6.07 Å². The fourth-order valence-corrected chi connectivity index (χ4v) is 1.38. The van der Waals surface area contributed by atoms with Crippen LogP contribution in [-0.4, -0.2) is 21.3 Å². The Labute approximate surface area is 103 Å². The maximum absolute atomic E-state index is 10.7. The first-order valence-corrected chi connectivity index (χ1v) is 5.09. The first-order chi connectivity index (χ1) is 8.56. The van der Waals surface area contributed by atoms with Crippen molar-refractivity contribution < 1.29 is 24.9 Å². The quantitative estimate of drug-likeness (QED) is 0.774. The van der Waals surface area contributed by atoms with Crippen molar-refractivity contribution in [2.75, 3.05) is 0 Å². The molecule has 0 unspecified atom stereocenters. The van der Waals surface area contributed by atoms with Gasteiger partial charge < -0.3 is 20.1 Å². The molecule has 0 heterocycles. The number of benzene rings is 2. The van der Waals surface area contributed by atoms with E-state index in [1.54, 1.807) is 0 Å². The number of aromatic hydroxyl groups is 2. The number of ether oxygens (including phenoxy) is 1. The molecule has 92 valence electrons. The van der Waals surface area contributed by atoms with E-state index in [4.69, 9.17) is 14.9 Å². The van der Waals surface area contributed by atoms with Crippen molar-refractivity contribution in [3.05, 3.63) is 48.0 Å². The molecule has 5 heteroatoms. The highest BCUT2D eigenvalue weighted by molar-refractivity contribution is 5.88. The van der Waals surface area contributed by atoms with Crippen LogP contribution in [0.2, 0.25) is 0 Å². The zero-order valence-corrected chi connectivity index (χ0v) is 9.20. The Hall–Kier alpha value is -2.69. The summed E-state index contributed by atoms with van der Waals surface area (Å²) in [6.45, 7) is 0. The highest BCUT2D eigenvalue weighted by atomic mass is 16.5. The molecule has 0 saturated heterocycles. The highest BCUT2D eigenvalue weighted by Crippen LogP contribution is 2.31. The third kappa shape index (κ3) is 2.52. The fourth-order valence-electron chi connectivity index (χ4n) is 1.38. The van der Waals surface area contributed by atoms with Gasteiger partial charge in [0.1, 0.15) is 11.5 Å². The minimum atomic E-state index is -1.12. The number of carboxylic acids is 1. The molecular formula is C13H10O5. The van der Waals surface area contributed by atoms with E-state index in [1.807, 2.05) is 0 Å². The van der Waals surface area contributed by atoms with Gasteiger partial charge in [-0.05, 0) is 42.5 Å². The molecule has 0 amide bonds. The molecule has 2 rings (SSSR count). The molecule has 0 fully saturated rings. The van der Waals surface area contributed by atoms with E-state index >= 15 is 0 Å². The van der Waals surface area contributed by atoms with E-state index in [2.05, 4.69) is 0 Å². The molecule has 0 aliphatic rings. The van der Waals surface area contributed by atoms with Gasteiger partial charge in [0.05, 0.1) is 5.56 Å². The maximum atomic E-state index is 10.7. The van der Waals surface area contributed by atoms with Crippen LogP contribution in [0.5, 0.6) is 23.0 Å². The van der Waals surface area contributed by atoms with Crippen molar-refractivity contribution in [1.82, 2.24) is 0 Å². The Morgan fingerprint density at radius 3 is 2.22 bits per heavy atom. The van der Waals surface area contributed by atoms with Crippen molar-refractivity contribution in [3.8, 4) is 23.0 Å². The third-order valence-corrected chi connectivity index (χ3v) is 2.27. The summed E-state index contributed by atoms with van der Waals surface area (Å²) >= 11 is 0. The Morgan fingerprint density at radius 1 is 1.00 bits per heavy atom. The molecule has 18 heavy (non-hydrogen) atoms. The van der Waals surface area contributed by atoms with Crippen LogP contribution in [0.15, 0.2) is 42.5 Å². The molecule has 0 aliphatic heterocycles. The first-order valence-electron chi connectivity index (χ1n) is 5.09. The Morgan fingerprint density at radius 2 is 1.67 bits per heavy atom. The SMILES string of the molecule is O=C(O)c1ccc(Oc2ccc(O)cc2)c(O)c1. The van der Waals surface area contributed by atoms with Crippen LogP contribution < -0.4 is 4.74 Å². The van der Waals surface area contributed by atoms with Crippen LogP contribution in [0.25, 0.3) is 0 Å². The van der Waals surface area contributed by atoms with E-state index in [1.165, 1.54) is 36.4 Å². The fraction of sp³-hybridized carbons (Fsp3) is 0. The summed E-state index contributed by atoms with van der Waals surface area (Å²) < 4.78 is 5.34. The van der Waals surface area contributed by atoms with Crippen molar-refractivity contribution in [3.63, 3.8) is 0 Å². The van der Waals surface area contributed by atoms with Gasteiger partial charge in [-0.3, -0.25) is 0 Å². The van der Waals surface area contributed by atoms with E-state index in [9.17, 15) is 9.90 Å². The van der Waals surface area contributed by atoms with Gasteiger partial charge in [0, 0.05) is 0 Å². The van der Waals surface area contributed by atoms with E-state index in [-0.39, 0.29) is 22.8 Å². The summed E-state index contributed by atoms with van der Waals surface area (Å²) in [5, 5.41) is 27.5. The number of hydrogen-bond donors (Lipinski definition) is 3. The third-order valence-electron chi connectivity index (χ3n) is 2.27. The summed E-state index contributed by atoms with van der Waals surface area (Å²) in [7, 11) is 0. The number of carbonyl (C=O) groups is 1. The molecule has 2 aromatic carbocycles. The molecule has 0 atom stereocenters. The summed E-state index contributed by atoms with van der Waals surface area (Å²) in [6, 6.07) is 9.75. The second kappa shape index (κ2) is 4.67. The minimum Gasteiger partial charge on any atom is -0.508 e. The predicted molar refractivity (Wildman–Crippen MR) is 63.2 cm³/mol. The molecule has 0 spiro atoms. The minimum absolute atomic E-state index is 0.0226. The van der Waals surface area contributed by atoms with Gasteiger partial charge in [0.15, 0.2) is 11.5 Å². The number of rotatable bonds is 3. The van der Waals surface area contributed by atoms with Crippen molar-refractivity contribution in [2.45, 2.75) is 0 Å². The lowest BCUT2D eigenvalue weighted by Gasteiger charge is -2.08. The lowest BCUT2D eigenvalue weighted by atomic mass is 10.2. The van der Waals surface area contributed by atoms with Crippen molar-refractivity contribution in [1.29, 1.82) is 0 Å². The van der Waals surface area contributed by atoms with E-state index in [0.29, 0.717) is 5.75 Å². The zero-order chi connectivity index (χ0) is 13.1. The van der Waals surface area contributed by atoms with Gasteiger partial charge in [-0.2, -0.15) is 0 Å². The lowest BCUT2D eigenvalue weighted by molar-refractivity contribution is 0.0696. The van der Waals surface area contributed by atoms with Crippen LogP contribution >= 0.6 is 0 Å². The zero-order valence-electron chi connectivity index (χ0n) is 9.20. The number of phenolic OH excluding ortho intramolecular Hbond substituents is 2. The molecular weight excluding hydrogens is 236 g/mol. The van der Waals surface area contributed by atoms with Gasteiger partial charge in [-0.1, -0.05) is 0 Å². The van der Waals surface area contributed by atoms with Gasteiger partial charge in [0.25, 0.3) is 0 Å². The van der Waals surface area contributed by atoms with E-state index < -0.39 is 5.97 Å². The topological polar surface area (TPSA) is 87.0 Å². The Bertz CT molecular complexity index is 574. The molecule has 0 radical (unpaired) electrons. The second-order valence-corrected chi connectivity index (χ2v) is 3.58. The number of aromatic carboxylic acids is 1. The van der Waals surface area contributed by atoms with Gasteiger partial charge >= 0.3 is 5.97 Å². The number of hydrogen-bond acceptors (Lipinski definition) is 4. The summed E-state index contributed by atoms with van der Waals surface area (Å²) in [4.78, 5) is 10.7. The largest absolute Gasteiger partial charge is 0.508 e. The predicted octanol–water partition coefficient (Wildman–Crippen LogP) is 2.59. The molecule has 0 aliphatic carbocycles. The van der Waals surface area contributed by atoms with Crippen LogP contribution in [0.1, 0.15) is 10.4 Å². The Kier molecular flexibility index (Phi) is 3.05. The monoisotopic (exact) mass is 246 g/mol. The normalized spacial score (nSPS) is 10.0. The molecule has 5 nitrogen and oxygen atoms in total. The summed E-state index contributed by atoms with van der Waals surface area (Å²) in [6.07, 6.45) is 0. The van der Waals surface area contributed by atoms with Crippen LogP contribution in [0.3, 0.4) is 0 Å². The molecule has 3 N–H and O–H groups in total. The first kappa shape index (κ1) is 11.8. The second-order valence-electron chi connectivity index (χ2n) is 3.58. The highest BCUT2D eigenvalue weighted by Gasteiger charge is 2.09. The van der Waals surface area contributed by atoms with Crippen molar-refractivity contribution in [2.24, 2.45) is 0 Å². The van der Waals surface area contributed by atoms with Gasteiger partial charge in [0.2, 0.25) is 0 Å². The van der Waals surface area contributed by atoms with Crippen LogP contribution in [0, 0.1) is 0 Å². The standard InChI is InChI=1S/C13H10O5/c14-9-2-4-10(5-3-9)18-12-6-1-8(13(16)17)7-11(12)15/h1-7,14-15H,(H,16,17). The average Bonchev–Trinajstić information content (AvgIpc) is 2.34. The number of carboxylic acid groups (broad SMARTS) is 1. The summed E-state index contributed by atoms with van der Waals surface area (Å²) in [5.41, 5.74) is -0.0226.